The quantitative estimate of drug-likeness (QED) is 0.792. The van der Waals surface area contributed by atoms with Crippen LogP contribution in [0.5, 0.6) is 5.75 Å². The van der Waals surface area contributed by atoms with Crippen molar-refractivity contribution in [2.45, 2.75) is 12.5 Å². The summed E-state index contributed by atoms with van der Waals surface area (Å²) >= 11 is 0. The summed E-state index contributed by atoms with van der Waals surface area (Å²) in [7, 11) is 1.79. The summed E-state index contributed by atoms with van der Waals surface area (Å²) in [4.78, 5) is 24.6. The summed E-state index contributed by atoms with van der Waals surface area (Å²) in [6.45, 7) is 1.76. The Morgan fingerprint density at radius 3 is 2.65 bits per heavy atom. The van der Waals surface area contributed by atoms with Crippen molar-refractivity contribution in [1.29, 1.82) is 0 Å². The van der Waals surface area contributed by atoms with Crippen LogP contribution in [0.15, 0.2) is 24.3 Å². The van der Waals surface area contributed by atoms with Crippen LogP contribution >= 0.6 is 0 Å². The Balaban J connectivity index is 1.84. The number of ether oxygens (including phenoxy) is 1. The zero-order valence-corrected chi connectivity index (χ0v) is 11.5. The zero-order valence-electron chi connectivity index (χ0n) is 11.5. The van der Waals surface area contributed by atoms with Crippen LogP contribution < -0.4 is 15.8 Å². The maximum absolute atomic E-state index is 12.0. The standard InChI is InChI=1S/C14H19N3O3/c1-17(11-6-7-16-8-11)13(18)9-20-12-4-2-10(3-5-12)14(15)19/h2-5,11,16H,6-9H2,1H3,(H2,15,19). The van der Waals surface area contributed by atoms with Gasteiger partial charge in [0.15, 0.2) is 6.61 Å². The predicted molar refractivity (Wildman–Crippen MR) is 74.5 cm³/mol. The number of hydrogen-bond donors (Lipinski definition) is 2. The minimum absolute atomic E-state index is 0.0110. The van der Waals surface area contributed by atoms with Crippen molar-refractivity contribution < 1.29 is 14.3 Å². The summed E-state index contributed by atoms with van der Waals surface area (Å²) < 4.78 is 5.42. The monoisotopic (exact) mass is 277 g/mol. The highest BCUT2D eigenvalue weighted by molar-refractivity contribution is 5.92. The molecule has 1 aliphatic rings. The number of amides is 2. The number of carbonyl (C=O) groups is 2. The summed E-state index contributed by atoms with van der Waals surface area (Å²) in [6, 6.07) is 6.65. The van der Waals surface area contributed by atoms with Crippen molar-refractivity contribution in [3.8, 4) is 5.75 Å². The molecule has 2 rings (SSSR count). The molecule has 0 spiro atoms. The topological polar surface area (TPSA) is 84.7 Å². The molecule has 3 N–H and O–H groups in total. The molecule has 2 amide bonds. The van der Waals surface area contributed by atoms with Crippen LogP contribution in [0.1, 0.15) is 16.8 Å². The van der Waals surface area contributed by atoms with Crippen molar-refractivity contribution in [2.24, 2.45) is 5.73 Å². The van der Waals surface area contributed by atoms with Gasteiger partial charge in [0.1, 0.15) is 5.75 Å². The third-order valence-electron chi connectivity index (χ3n) is 3.48. The van der Waals surface area contributed by atoms with Gasteiger partial charge in [0, 0.05) is 25.2 Å². The van der Waals surface area contributed by atoms with E-state index in [9.17, 15) is 9.59 Å². The Morgan fingerprint density at radius 1 is 1.40 bits per heavy atom. The van der Waals surface area contributed by atoms with Gasteiger partial charge >= 0.3 is 0 Å². The second kappa shape index (κ2) is 6.38. The molecule has 0 aromatic heterocycles. The fraction of sp³-hybridized carbons (Fsp3) is 0.429. The van der Waals surface area contributed by atoms with E-state index in [1.54, 1.807) is 36.2 Å². The molecule has 108 valence electrons. The van der Waals surface area contributed by atoms with Gasteiger partial charge in [-0.05, 0) is 37.2 Å². The highest BCUT2D eigenvalue weighted by atomic mass is 16.5. The van der Waals surface area contributed by atoms with Gasteiger partial charge in [0.25, 0.3) is 5.91 Å². The molecule has 1 aliphatic heterocycles. The minimum atomic E-state index is -0.485. The molecule has 1 heterocycles. The molecule has 1 atom stereocenters. The van der Waals surface area contributed by atoms with E-state index < -0.39 is 5.91 Å². The van der Waals surface area contributed by atoms with E-state index in [4.69, 9.17) is 10.5 Å². The van der Waals surface area contributed by atoms with Crippen LogP contribution in [0.4, 0.5) is 0 Å². The van der Waals surface area contributed by atoms with Crippen molar-refractivity contribution in [2.75, 3.05) is 26.7 Å². The third-order valence-corrected chi connectivity index (χ3v) is 3.48. The lowest BCUT2D eigenvalue weighted by Gasteiger charge is -2.23. The van der Waals surface area contributed by atoms with Crippen LogP contribution in [-0.2, 0) is 4.79 Å². The molecule has 1 saturated heterocycles. The lowest BCUT2D eigenvalue weighted by atomic mass is 10.2. The van der Waals surface area contributed by atoms with Gasteiger partial charge in [0.2, 0.25) is 5.91 Å². The van der Waals surface area contributed by atoms with Crippen LogP contribution in [-0.4, -0.2) is 49.5 Å². The van der Waals surface area contributed by atoms with Gasteiger partial charge in [-0.2, -0.15) is 0 Å². The van der Waals surface area contributed by atoms with Gasteiger partial charge in [-0.3, -0.25) is 9.59 Å². The molecule has 1 aromatic rings. The van der Waals surface area contributed by atoms with Crippen LogP contribution in [0.2, 0.25) is 0 Å². The van der Waals surface area contributed by atoms with Gasteiger partial charge in [-0.15, -0.1) is 0 Å². The summed E-state index contributed by atoms with van der Waals surface area (Å²) in [6.07, 6.45) is 0.968. The molecule has 6 nitrogen and oxygen atoms in total. The fourth-order valence-corrected chi connectivity index (χ4v) is 2.14. The normalized spacial score (nSPS) is 17.8. The summed E-state index contributed by atoms with van der Waals surface area (Å²) in [5.41, 5.74) is 5.56. The molecule has 6 heteroatoms. The highest BCUT2D eigenvalue weighted by Gasteiger charge is 2.23. The number of benzene rings is 1. The van der Waals surface area contributed by atoms with Crippen LogP contribution in [0.3, 0.4) is 0 Å². The lowest BCUT2D eigenvalue weighted by molar-refractivity contribution is -0.133. The SMILES string of the molecule is CN(C(=O)COc1ccc(C(N)=O)cc1)C1CCNC1. The van der Waals surface area contributed by atoms with Gasteiger partial charge in [-0.25, -0.2) is 0 Å². The average molecular weight is 277 g/mol. The van der Waals surface area contributed by atoms with E-state index in [0.29, 0.717) is 11.3 Å². The summed E-state index contributed by atoms with van der Waals surface area (Å²) in [5.74, 6) is 0.0000628. The maximum atomic E-state index is 12.0. The molecule has 0 aliphatic carbocycles. The van der Waals surface area contributed by atoms with Crippen molar-refractivity contribution in [1.82, 2.24) is 10.2 Å². The van der Waals surface area contributed by atoms with Crippen molar-refractivity contribution in [3.63, 3.8) is 0 Å². The molecule has 20 heavy (non-hydrogen) atoms. The van der Waals surface area contributed by atoms with Crippen molar-refractivity contribution >= 4 is 11.8 Å². The first kappa shape index (κ1) is 14.3. The Labute approximate surface area is 117 Å². The number of nitrogens with two attached hydrogens (primary N) is 1. The number of hydrogen-bond acceptors (Lipinski definition) is 4. The number of carbonyl (C=O) groups excluding carboxylic acids is 2. The van der Waals surface area contributed by atoms with E-state index in [0.717, 1.165) is 19.5 Å². The Bertz CT molecular complexity index is 481. The second-order valence-electron chi connectivity index (χ2n) is 4.83. The van der Waals surface area contributed by atoms with E-state index in [-0.39, 0.29) is 18.6 Å². The molecule has 1 fully saturated rings. The lowest BCUT2D eigenvalue weighted by Crippen LogP contribution is -2.40. The second-order valence-corrected chi connectivity index (χ2v) is 4.83. The van der Waals surface area contributed by atoms with Crippen molar-refractivity contribution in [3.05, 3.63) is 29.8 Å². The first-order valence-corrected chi connectivity index (χ1v) is 6.57. The van der Waals surface area contributed by atoms with Gasteiger partial charge < -0.3 is 20.7 Å². The van der Waals surface area contributed by atoms with Crippen LogP contribution in [0, 0.1) is 0 Å². The average Bonchev–Trinajstić information content (AvgIpc) is 2.98. The molecule has 0 radical (unpaired) electrons. The van der Waals surface area contributed by atoms with E-state index in [1.807, 2.05) is 0 Å². The Kier molecular flexibility index (Phi) is 4.57. The fourth-order valence-electron chi connectivity index (χ4n) is 2.14. The predicted octanol–water partition coefficient (Wildman–Crippen LogP) is -0.0154. The van der Waals surface area contributed by atoms with E-state index in [2.05, 4.69) is 5.32 Å². The first-order chi connectivity index (χ1) is 9.58. The van der Waals surface area contributed by atoms with Gasteiger partial charge in [-0.1, -0.05) is 0 Å². The largest absolute Gasteiger partial charge is 0.484 e. The molecule has 1 unspecified atom stereocenters. The van der Waals surface area contributed by atoms with Gasteiger partial charge in [0.05, 0.1) is 0 Å². The van der Waals surface area contributed by atoms with E-state index >= 15 is 0 Å². The first-order valence-electron chi connectivity index (χ1n) is 6.57. The molecular formula is C14H19N3O3. The Morgan fingerprint density at radius 2 is 2.10 bits per heavy atom. The van der Waals surface area contributed by atoms with Crippen LogP contribution in [0.25, 0.3) is 0 Å². The number of primary amides is 1. The zero-order chi connectivity index (χ0) is 14.5. The summed E-state index contributed by atoms with van der Waals surface area (Å²) in [5, 5.41) is 3.22. The molecule has 1 aromatic carbocycles. The number of rotatable bonds is 5. The highest BCUT2D eigenvalue weighted by Crippen LogP contribution is 2.12. The van der Waals surface area contributed by atoms with E-state index in [1.165, 1.54) is 0 Å². The number of nitrogens with zero attached hydrogens (tertiary/aromatic N) is 1. The molecule has 0 saturated carbocycles. The number of nitrogens with one attached hydrogen (secondary N) is 1. The number of likely N-dealkylation sites (N-methyl/N-ethyl adjacent to an activating group) is 1. The third kappa shape index (κ3) is 3.48. The Hall–Kier alpha value is -2.08. The smallest absolute Gasteiger partial charge is 0.260 e. The molecule has 0 bridgehead atoms. The molecular weight excluding hydrogens is 258 g/mol. The maximum Gasteiger partial charge on any atom is 0.260 e. The minimum Gasteiger partial charge on any atom is -0.484 e.